The molecule has 2 heterocycles. The van der Waals surface area contributed by atoms with Crippen molar-refractivity contribution in [1.29, 1.82) is 0 Å². The van der Waals surface area contributed by atoms with E-state index in [4.69, 9.17) is 14.9 Å². The van der Waals surface area contributed by atoms with Crippen LogP contribution in [0, 0.1) is 13.8 Å². The van der Waals surface area contributed by atoms with E-state index in [9.17, 15) is 0 Å². The summed E-state index contributed by atoms with van der Waals surface area (Å²) in [6.45, 7) is 7.07. The summed E-state index contributed by atoms with van der Waals surface area (Å²) in [4.78, 5) is 0. The van der Waals surface area contributed by atoms with Gasteiger partial charge in [0, 0.05) is 30.4 Å². The van der Waals surface area contributed by atoms with Gasteiger partial charge in [-0.1, -0.05) is 13.0 Å². The van der Waals surface area contributed by atoms with Crippen molar-refractivity contribution >= 4 is 0 Å². The summed E-state index contributed by atoms with van der Waals surface area (Å²) in [7, 11) is 0. The van der Waals surface area contributed by atoms with Gasteiger partial charge >= 0.3 is 0 Å². The first-order chi connectivity index (χ1) is 11.6. The van der Waals surface area contributed by atoms with Crippen LogP contribution >= 0.6 is 0 Å². The molecule has 3 aromatic rings. The van der Waals surface area contributed by atoms with Crippen molar-refractivity contribution in [2.24, 2.45) is 5.73 Å². The number of ether oxygens (including phenoxy) is 1. The summed E-state index contributed by atoms with van der Waals surface area (Å²) in [6, 6.07) is 10.0. The van der Waals surface area contributed by atoms with Crippen molar-refractivity contribution in [2.45, 2.75) is 27.2 Å². The lowest BCUT2D eigenvalue weighted by Gasteiger charge is -2.12. The standard InChI is InChI=1S/C18H22N4O2/c1-4-16-20-21-18(24-16)17-12(2)10-13(3)22(17)14-6-5-7-15(11-14)23-9-8-19/h5-7,10-11H,4,8-9,19H2,1-3H3. The first-order valence-corrected chi connectivity index (χ1v) is 8.09. The van der Waals surface area contributed by atoms with Crippen LogP contribution in [-0.2, 0) is 6.42 Å². The summed E-state index contributed by atoms with van der Waals surface area (Å²) >= 11 is 0. The minimum atomic E-state index is 0.485. The third-order valence-electron chi connectivity index (χ3n) is 3.81. The van der Waals surface area contributed by atoms with Gasteiger partial charge in [-0.2, -0.15) is 0 Å². The number of nitrogens with zero attached hydrogens (tertiary/aromatic N) is 3. The number of rotatable bonds is 6. The molecule has 24 heavy (non-hydrogen) atoms. The zero-order valence-corrected chi connectivity index (χ0v) is 14.2. The molecule has 0 bridgehead atoms. The van der Waals surface area contributed by atoms with Crippen molar-refractivity contribution in [2.75, 3.05) is 13.2 Å². The largest absolute Gasteiger partial charge is 0.492 e. The molecule has 0 saturated heterocycles. The molecule has 6 nitrogen and oxygen atoms in total. The molecule has 0 aliphatic heterocycles. The number of benzene rings is 1. The lowest BCUT2D eigenvalue weighted by atomic mass is 10.2. The van der Waals surface area contributed by atoms with Crippen molar-refractivity contribution in [3.05, 3.63) is 47.5 Å². The summed E-state index contributed by atoms with van der Waals surface area (Å²) in [6.07, 6.45) is 0.716. The Morgan fingerprint density at radius 3 is 2.75 bits per heavy atom. The summed E-state index contributed by atoms with van der Waals surface area (Å²) in [5.74, 6) is 1.95. The summed E-state index contributed by atoms with van der Waals surface area (Å²) in [5, 5.41) is 8.29. The van der Waals surface area contributed by atoms with Crippen LogP contribution in [0.2, 0.25) is 0 Å². The van der Waals surface area contributed by atoms with Crippen LogP contribution in [0.15, 0.2) is 34.7 Å². The van der Waals surface area contributed by atoms with E-state index >= 15 is 0 Å². The second-order valence-corrected chi connectivity index (χ2v) is 5.64. The monoisotopic (exact) mass is 326 g/mol. The average Bonchev–Trinajstić information content (AvgIpc) is 3.16. The molecule has 0 amide bonds. The van der Waals surface area contributed by atoms with Crippen LogP contribution in [0.1, 0.15) is 24.1 Å². The Hall–Kier alpha value is -2.60. The van der Waals surface area contributed by atoms with Gasteiger partial charge in [0.1, 0.15) is 18.1 Å². The van der Waals surface area contributed by atoms with Crippen molar-refractivity contribution in [3.8, 4) is 23.0 Å². The third-order valence-corrected chi connectivity index (χ3v) is 3.81. The number of aromatic nitrogens is 3. The molecule has 0 atom stereocenters. The van der Waals surface area contributed by atoms with Gasteiger partial charge in [0.05, 0.1) is 0 Å². The van der Waals surface area contributed by atoms with Gasteiger partial charge in [-0.05, 0) is 37.6 Å². The van der Waals surface area contributed by atoms with Crippen LogP contribution in [-0.4, -0.2) is 27.9 Å². The Morgan fingerprint density at radius 2 is 2.04 bits per heavy atom. The van der Waals surface area contributed by atoms with E-state index in [1.165, 1.54) is 0 Å². The highest BCUT2D eigenvalue weighted by molar-refractivity contribution is 5.61. The molecule has 3 rings (SSSR count). The number of hydrogen-bond acceptors (Lipinski definition) is 5. The highest BCUT2D eigenvalue weighted by atomic mass is 16.5. The molecule has 0 saturated carbocycles. The fourth-order valence-electron chi connectivity index (χ4n) is 2.78. The highest BCUT2D eigenvalue weighted by Gasteiger charge is 2.19. The zero-order valence-electron chi connectivity index (χ0n) is 14.2. The second kappa shape index (κ2) is 6.88. The van der Waals surface area contributed by atoms with Crippen LogP contribution in [0.4, 0.5) is 0 Å². The van der Waals surface area contributed by atoms with Crippen LogP contribution in [0.25, 0.3) is 17.3 Å². The minimum absolute atomic E-state index is 0.485. The Kier molecular flexibility index (Phi) is 4.66. The Morgan fingerprint density at radius 1 is 1.21 bits per heavy atom. The second-order valence-electron chi connectivity index (χ2n) is 5.64. The molecule has 0 spiro atoms. The maximum Gasteiger partial charge on any atom is 0.264 e. The smallest absolute Gasteiger partial charge is 0.264 e. The topological polar surface area (TPSA) is 79.1 Å². The molecule has 126 valence electrons. The summed E-state index contributed by atoms with van der Waals surface area (Å²) < 4.78 is 13.5. The van der Waals surface area contributed by atoms with Crippen LogP contribution in [0.3, 0.4) is 0 Å². The Bertz CT molecular complexity index is 835. The fraction of sp³-hybridized carbons (Fsp3) is 0.333. The van der Waals surface area contributed by atoms with Gasteiger partial charge in [-0.3, -0.25) is 0 Å². The Balaban J connectivity index is 2.08. The van der Waals surface area contributed by atoms with Crippen LogP contribution < -0.4 is 10.5 Å². The van der Waals surface area contributed by atoms with Gasteiger partial charge in [0.25, 0.3) is 5.89 Å². The van der Waals surface area contributed by atoms with E-state index < -0.39 is 0 Å². The van der Waals surface area contributed by atoms with Gasteiger partial charge < -0.3 is 19.5 Å². The molecule has 0 fully saturated rings. The maximum atomic E-state index is 5.78. The van der Waals surface area contributed by atoms with Crippen molar-refractivity contribution < 1.29 is 9.15 Å². The van der Waals surface area contributed by atoms with E-state index in [2.05, 4.69) is 27.8 Å². The predicted molar refractivity (Wildman–Crippen MR) is 92.5 cm³/mol. The highest BCUT2D eigenvalue weighted by Crippen LogP contribution is 2.30. The van der Waals surface area contributed by atoms with E-state index in [0.717, 1.165) is 28.4 Å². The first-order valence-electron chi connectivity index (χ1n) is 8.09. The predicted octanol–water partition coefficient (Wildman–Crippen LogP) is 3.04. The average molecular weight is 326 g/mol. The maximum absolute atomic E-state index is 5.78. The molecule has 6 heteroatoms. The number of nitrogens with two attached hydrogens (primary N) is 1. The van der Waals surface area contributed by atoms with Crippen molar-refractivity contribution in [1.82, 2.24) is 14.8 Å². The van der Waals surface area contributed by atoms with E-state index in [-0.39, 0.29) is 0 Å². The molecule has 0 aliphatic carbocycles. The SMILES string of the molecule is CCc1nnc(-c2c(C)cc(C)n2-c2cccc(OCCN)c2)o1. The third kappa shape index (κ3) is 3.05. The minimum Gasteiger partial charge on any atom is -0.492 e. The Labute approximate surface area is 141 Å². The molecule has 1 aromatic carbocycles. The van der Waals surface area contributed by atoms with E-state index in [1.54, 1.807) is 0 Å². The van der Waals surface area contributed by atoms with Gasteiger partial charge in [0.15, 0.2) is 0 Å². The summed E-state index contributed by atoms with van der Waals surface area (Å²) in [5.41, 5.74) is 9.59. The molecule has 2 aromatic heterocycles. The molecule has 0 aliphatic rings. The normalized spacial score (nSPS) is 11.0. The fourth-order valence-corrected chi connectivity index (χ4v) is 2.78. The molecule has 2 N–H and O–H groups in total. The number of hydrogen-bond donors (Lipinski definition) is 1. The van der Waals surface area contributed by atoms with Gasteiger partial charge in [-0.25, -0.2) is 0 Å². The van der Waals surface area contributed by atoms with Crippen molar-refractivity contribution in [3.63, 3.8) is 0 Å². The first kappa shape index (κ1) is 16.3. The molecule has 0 radical (unpaired) electrons. The van der Waals surface area contributed by atoms with E-state index in [0.29, 0.717) is 31.4 Å². The lowest BCUT2D eigenvalue weighted by Crippen LogP contribution is -2.10. The van der Waals surface area contributed by atoms with Gasteiger partial charge in [-0.15, -0.1) is 10.2 Å². The van der Waals surface area contributed by atoms with Crippen LogP contribution in [0.5, 0.6) is 5.75 Å². The number of aryl methyl sites for hydroxylation is 3. The lowest BCUT2D eigenvalue weighted by molar-refractivity contribution is 0.328. The molecular weight excluding hydrogens is 304 g/mol. The van der Waals surface area contributed by atoms with Gasteiger partial charge in [0.2, 0.25) is 5.89 Å². The quantitative estimate of drug-likeness (QED) is 0.753. The molecule has 0 unspecified atom stereocenters. The molecular formula is C18H22N4O2. The zero-order chi connectivity index (χ0) is 17.1. The van der Waals surface area contributed by atoms with E-state index in [1.807, 2.05) is 38.1 Å².